The average molecular weight is 340 g/mol. The van der Waals surface area contributed by atoms with Crippen LogP contribution in [0.25, 0.3) is 6.08 Å². The Balaban J connectivity index is 2.46. The van der Waals surface area contributed by atoms with Crippen molar-refractivity contribution in [2.45, 2.75) is 32.6 Å². The second-order valence-corrected chi connectivity index (χ2v) is 5.49. The number of carbonyl (C=O) groups is 1. The molecule has 0 aliphatic carbocycles. The van der Waals surface area contributed by atoms with Gasteiger partial charge in [-0.1, -0.05) is 42.1 Å². The summed E-state index contributed by atoms with van der Waals surface area (Å²) in [5.41, 5.74) is 0.878. The molecule has 110 valence electrons. The zero-order valence-corrected chi connectivity index (χ0v) is 13.7. The van der Waals surface area contributed by atoms with Gasteiger partial charge in [-0.25, -0.2) is 0 Å². The molecule has 1 N–H and O–H groups in total. The van der Waals surface area contributed by atoms with E-state index in [0.29, 0.717) is 0 Å². The third-order valence-corrected chi connectivity index (χ3v) is 3.43. The highest BCUT2D eigenvalue weighted by Crippen LogP contribution is 2.23. The maximum Gasteiger partial charge on any atom is 0.244 e. The maximum atomic E-state index is 11.7. The van der Waals surface area contributed by atoms with E-state index in [1.807, 2.05) is 18.2 Å². The fourth-order valence-electron chi connectivity index (χ4n) is 1.82. The largest absolute Gasteiger partial charge is 0.496 e. The van der Waals surface area contributed by atoms with Crippen molar-refractivity contribution in [1.82, 2.24) is 5.32 Å². The van der Waals surface area contributed by atoms with Gasteiger partial charge in [-0.05, 0) is 30.7 Å². The molecule has 4 heteroatoms. The van der Waals surface area contributed by atoms with Gasteiger partial charge in [-0.3, -0.25) is 4.79 Å². The molecule has 1 aromatic rings. The Morgan fingerprint density at radius 3 is 2.85 bits per heavy atom. The van der Waals surface area contributed by atoms with E-state index in [1.54, 1.807) is 19.3 Å². The lowest BCUT2D eigenvalue weighted by Crippen LogP contribution is -2.21. The van der Waals surface area contributed by atoms with Crippen LogP contribution in [0.1, 0.15) is 38.2 Å². The standard InChI is InChI=1S/C16H22BrNO2/c1-3-4-5-6-11-18-16(19)10-7-13-12-14(17)8-9-15(13)20-2/h7-10,12H,3-6,11H2,1-2H3,(H,18,19)/b10-7+. The fraction of sp³-hybridized carbons (Fsp3) is 0.438. The first kappa shape index (κ1) is 16.8. The molecule has 0 atom stereocenters. The SMILES string of the molecule is CCCCCCNC(=O)/C=C/c1cc(Br)ccc1OC. The van der Waals surface area contributed by atoms with Crippen molar-refractivity contribution in [2.75, 3.05) is 13.7 Å². The highest BCUT2D eigenvalue weighted by Gasteiger charge is 2.01. The van der Waals surface area contributed by atoms with E-state index in [0.717, 1.165) is 28.8 Å². The Morgan fingerprint density at radius 2 is 2.15 bits per heavy atom. The molecule has 0 saturated carbocycles. The molecule has 20 heavy (non-hydrogen) atoms. The summed E-state index contributed by atoms with van der Waals surface area (Å²) >= 11 is 3.41. The van der Waals surface area contributed by atoms with E-state index < -0.39 is 0 Å². The molecule has 0 radical (unpaired) electrons. The summed E-state index contributed by atoms with van der Waals surface area (Å²) in [4.78, 5) is 11.7. The first-order valence-electron chi connectivity index (χ1n) is 6.96. The number of hydrogen-bond acceptors (Lipinski definition) is 2. The van der Waals surface area contributed by atoms with Crippen LogP contribution in [0.2, 0.25) is 0 Å². The zero-order chi connectivity index (χ0) is 14.8. The molecule has 0 unspecified atom stereocenters. The molecule has 1 aromatic carbocycles. The van der Waals surface area contributed by atoms with Gasteiger partial charge in [0.15, 0.2) is 0 Å². The van der Waals surface area contributed by atoms with E-state index in [2.05, 4.69) is 28.2 Å². The van der Waals surface area contributed by atoms with Gasteiger partial charge in [-0.2, -0.15) is 0 Å². The van der Waals surface area contributed by atoms with Gasteiger partial charge in [0.25, 0.3) is 0 Å². The van der Waals surface area contributed by atoms with Crippen molar-refractivity contribution >= 4 is 27.9 Å². The lowest BCUT2D eigenvalue weighted by Gasteiger charge is -2.05. The van der Waals surface area contributed by atoms with Crippen molar-refractivity contribution in [1.29, 1.82) is 0 Å². The number of rotatable bonds is 8. The molecule has 0 bridgehead atoms. The van der Waals surface area contributed by atoms with E-state index in [4.69, 9.17) is 4.74 Å². The summed E-state index contributed by atoms with van der Waals surface area (Å²) in [6.45, 7) is 2.91. The number of methoxy groups -OCH3 is 1. The summed E-state index contributed by atoms with van der Waals surface area (Å²) in [6.07, 6.45) is 7.94. The van der Waals surface area contributed by atoms with Gasteiger partial charge in [0.2, 0.25) is 5.91 Å². The van der Waals surface area contributed by atoms with Gasteiger partial charge in [0, 0.05) is 22.7 Å². The topological polar surface area (TPSA) is 38.3 Å². The Kier molecular flexibility index (Phi) is 8.04. The maximum absolute atomic E-state index is 11.7. The Hall–Kier alpha value is -1.29. The molecule has 0 spiro atoms. The number of carbonyl (C=O) groups excluding carboxylic acids is 1. The number of halogens is 1. The predicted molar refractivity (Wildman–Crippen MR) is 86.9 cm³/mol. The van der Waals surface area contributed by atoms with Crippen LogP contribution < -0.4 is 10.1 Å². The third kappa shape index (κ3) is 6.24. The molecule has 0 aliphatic heterocycles. The molecule has 0 heterocycles. The number of amides is 1. The minimum Gasteiger partial charge on any atom is -0.496 e. The lowest BCUT2D eigenvalue weighted by molar-refractivity contribution is -0.116. The third-order valence-electron chi connectivity index (χ3n) is 2.94. The summed E-state index contributed by atoms with van der Waals surface area (Å²) < 4.78 is 6.21. The number of benzene rings is 1. The van der Waals surface area contributed by atoms with Gasteiger partial charge in [0.1, 0.15) is 5.75 Å². The molecule has 0 aromatic heterocycles. The quantitative estimate of drug-likeness (QED) is 0.570. The van der Waals surface area contributed by atoms with Crippen LogP contribution in [0.3, 0.4) is 0 Å². The predicted octanol–water partition coefficient (Wildman–Crippen LogP) is 4.17. The number of unbranched alkanes of at least 4 members (excludes halogenated alkanes) is 3. The van der Waals surface area contributed by atoms with Crippen LogP contribution in [-0.2, 0) is 4.79 Å². The second-order valence-electron chi connectivity index (χ2n) is 4.57. The normalized spacial score (nSPS) is 10.8. The van der Waals surface area contributed by atoms with Crippen molar-refractivity contribution in [3.63, 3.8) is 0 Å². The van der Waals surface area contributed by atoms with Crippen LogP contribution in [-0.4, -0.2) is 19.6 Å². The molecule has 1 amide bonds. The fourth-order valence-corrected chi connectivity index (χ4v) is 2.20. The van der Waals surface area contributed by atoms with E-state index >= 15 is 0 Å². The van der Waals surface area contributed by atoms with Gasteiger partial charge >= 0.3 is 0 Å². The lowest BCUT2D eigenvalue weighted by atomic mass is 10.2. The number of ether oxygens (including phenoxy) is 1. The van der Waals surface area contributed by atoms with E-state index in [9.17, 15) is 4.79 Å². The number of nitrogens with one attached hydrogen (secondary N) is 1. The van der Waals surface area contributed by atoms with Crippen LogP contribution in [0.15, 0.2) is 28.7 Å². The second kappa shape index (κ2) is 9.59. The van der Waals surface area contributed by atoms with Crippen molar-refractivity contribution in [3.8, 4) is 5.75 Å². The minimum atomic E-state index is -0.0662. The highest BCUT2D eigenvalue weighted by molar-refractivity contribution is 9.10. The average Bonchev–Trinajstić information content (AvgIpc) is 2.45. The molecule has 0 fully saturated rings. The van der Waals surface area contributed by atoms with Crippen LogP contribution in [0.5, 0.6) is 5.75 Å². The summed E-state index contributed by atoms with van der Waals surface area (Å²) in [6, 6.07) is 5.69. The van der Waals surface area contributed by atoms with Crippen molar-refractivity contribution < 1.29 is 9.53 Å². The van der Waals surface area contributed by atoms with Gasteiger partial charge in [0.05, 0.1) is 7.11 Å². The van der Waals surface area contributed by atoms with Crippen molar-refractivity contribution in [3.05, 3.63) is 34.3 Å². The minimum absolute atomic E-state index is 0.0662. The first-order chi connectivity index (χ1) is 9.67. The zero-order valence-electron chi connectivity index (χ0n) is 12.1. The first-order valence-corrected chi connectivity index (χ1v) is 7.76. The monoisotopic (exact) mass is 339 g/mol. The molecular weight excluding hydrogens is 318 g/mol. The molecule has 0 saturated heterocycles. The van der Waals surface area contributed by atoms with E-state index in [-0.39, 0.29) is 5.91 Å². The molecular formula is C16H22BrNO2. The van der Waals surface area contributed by atoms with Crippen LogP contribution >= 0.6 is 15.9 Å². The van der Waals surface area contributed by atoms with Gasteiger partial charge < -0.3 is 10.1 Å². The van der Waals surface area contributed by atoms with Crippen LogP contribution in [0.4, 0.5) is 0 Å². The Morgan fingerprint density at radius 1 is 1.35 bits per heavy atom. The van der Waals surface area contributed by atoms with E-state index in [1.165, 1.54) is 19.3 Å². The molecule has 3 nitrogen and oxygen atoms in total. The van der Waals surface area contributed by atoms with Crippen LogP contribution in [0, 0.1) is 0 Å². The highest BCUT2D eigenvalue weighted by atomic mass is 79.9. The summed E-state index contributed by atoms with van der Waals surface area (Å²) in [7, 11) is 1.62. The summed E-state index contributed by atoms with van der Waals surface area (Å²) in [5, 5.41) is 2.89. The smallest absolute Gasteiger partial charge is 0.244 e. The Labute approximate surface area is 129 Å². The van der Waals surface area contributed by atoms with Crippen molar-refractivity contribution in [2.24, 2.45) is 0 Å². The van der Waals surface area contributed by atoms with Gasteiger partial charge in [-0.15, -0.1) is 0 Å². The Bertz CT molecular complexity index is 458. The number of hydrogen-bond donors (Lipinski definition) is 1. The molecule has 1 rings (SSSR count). The molecule has 0 aliphatic rings. The summed E-state index contributed by atoms with van der Waals surface area (Å²) in [5.74, 6) is 0.684.